The molecule has 3 aromatic rings. The fourth-order valence-corrected chi connectivity index (χ4v) is 3.20. The Morgan fingerprint density at radius 3 is 2.55 bits per heavy atom. The molecule has 7 heteroatoms. The summed E-state index contributed by atoms with van der Waals surface area (Å²) in [6.45, 7) is 1.85. The molecular formula is C13H10N2O4S. The molecule has 0 saturated heterocycles. The Kier molecular flexibility index (Phi) is 2.72. The highest BCUT2D eigenvalue weighted by Crippen LogP contribution is 2.18. The monoisotopic (exact) mass is 290 g/mol. The third kappa shape index (κ3) is 1.83. The van der Waals surface area contributed by atoms with E-state index < -0.39 is 15.8 Å². The molecule has 0 aliphatic carbocycles. The SMILES string of the molecule is Cc1ccc(S(=O)(=O)n2c(=O)oc3ncccc32)cc1. The summed E-state index contributed by atoms with van der Waals surface area (Å²) in [7, 11) is -4.00. The van der Waals surface area contributed by atoms with Crippen LogP contribution in [0.1, 0.15) is 5.56 Å². The highest BCUT2D eigenvalue weighted by molar-refractivity contribution is 7.90. The standard InChI is InChI=1S/C13H10N2O4S/c1-9-4-6-10(7-5-9)20(17,18)15-11-3-2-8-14-12(11)19-13(15)16/h2-8H,1H3. The Balaban J connectivity index is 2.32. The van der Waals surface area contributed by atoms with E-state index in [1.165, 1.54) is 24.4 Å². The van der Waals surface area contributed by atoms with Crippen molar-refractivity contribution in [1.29, 1.82) is 0 Å². The zero-order valence-electron chi connectivity index (χ0n) is 10.5. The van der Waals surface area contributed by atoms with Gasteiger partial charge in [-0.3, -0.25) is 0 Å². The van der Waals surface area contributed by atoms with E-state index in [4.69, 9.17) is 4.42 Å². The summed E-state index contributed by atoms with van der Waals surface area (Å²) in [5.74, 6) is -0.973. The van der Waals surface area contributed by atoms with E-state index in [1.54, 1.807) is 18.2 Å². The van der Waals surface area contributed by atoms with Gasteiger partial charge in [-0.05, 0) is 31.2 Å². The highest BCUT2D eigenvalue weighted by atomic mass is 32.2. The molecule has 0 atom stereocenters. The van der Waals surface area contributed by atoms with E-state index in [2.05, 4.69) is 4.98 Å². The lowest BCUT2D eigenvalue weighted by Gasteiger charge is -2.04. The summed E-state index contributed by atoms with van der Waals surface area (Å²) in [6, 6.07) is 9.24. The van der Waals surface area contributed by atoms with Gasteiger partial charge in [0.25, 0.3) is 10.0 Å². The van der Waals surface area contributed by atoms with Gasteiger partial charge >= 0.3 is 5.76 Å². The van der Waals surface area contributed by atoms with Crippen LogP contribution in [-0.2, 0) is 10.0 Å². The first kappa shape index (κ1) is 12.6. The van der Waals surface area contributed by atoms with Crippen LogP contribution < -0.4 is 5.76 Å². The molecule has 0 unspecified atom stereocenters. The smallest absolute Gasteiger partial charge is 0.388 e. The second kappa shape index (κ2) is 4.31. The van der Waals surface area contributed by atoms with Gasteiger partial charge in [-0.15, -0.1) is 0 Å². The van der Waals surface area contributed by atoms with E-state index >= 15 is 0 Å². The molecule has 0 aliphatic rings. The molecule has 6 nitrogen and oxygen atoms in total. The molecule has 1 aromatic carbocycles. The minimum Gasteiger partial charge on any atom is -0.388 e. The third-order valence-corrected chi connectivity index (χ3v) is 4.57. The number of hydrogen-bond donors (Lipinski definition) is 0. The number of rotatable bonds is 2. The van der Waals surface area contributed by atoms with Gasteiger partial charge in [-0.25, -0.2) is 18.2 Å². The second-order valence-corrected chi connectivity index (χ2v) is 6.06. The van der Waals surface area contributed by atoms with E-state index in [0.717, 1.165) is 5.56 Å². The molecular weight excluding hydrogens is 280 g/mol. The molecule has 0 radical (unpaired) electrons. The van der Waals surface area contributed by atoms with Gasteiger partial charge in [0, 0.05) is 6.20 Å². The predicted octanol–water partition coefficient (Wildman–Crippen LogP) is 1.53. The number of aryl methyl sites for hydroxylation is 1. The van der Waals surface area contributed by atoms with Gasteiger partial charge in [-0.1, -0.05) is 17.7 Å². The van der Waals surface area contributed by atoms with Crippen molar-refractivity contribution in [1.82, 2.24) is 8.96 Å². The molecule has 2 heterocycles. The van der Waals surface area contributed by atoms with Crippen molar-refractivity contribution < 1.29 is 12.8 Å². The van der Waals surface area contributed by atoms with E-state index in [9.17, 15) is 13.2 Å². The average molecular weight is 290 g/mol. The van der Waals surface area contributed by atoms with Crippen molar-refractivity contribution in [2.24, 2.45) is 0 Å². The van der Waals surface area contributed by atoms with Crippen LogP contribution >= 0.6 is 0 Å². The van der Waals surface area contributed by atoms with Gasteiger partial charge in [0.2, 0.25) is 5.71 Å². The molecule has 0 amide bonds. The number of fused-ring (bicyclic) bond motifs is 1. The Morgan fingerprint density at radius 2 is 1.85 bits per heavy atom. The quantitative estimate of drug-likeness (QED) is 0.715. The van der Waals surface area contributed by atoms with Crippen LogP contribution in [0.15, 0.2) is 56.7 Å². The van der Waals surface area contributed by atoms with Crippen molar-refractivity contribution in [3.05, 3.63) is 58.7 Å². The van der Waals surface area contributed by atoms with E-state index in [0.29, 0.717) is 3.97 Å². The van der Waals surface area contributed by atoms with Crippen LogP contribution in [0.3, 0.4) is 0 Å². The minimum atomic E-state index is -4.00. The van der Waals surface area contributed by atoms with Crippen LogP contribution in [0.4, 0.5) is 0 Å². The summed E-state index contributed by atoms with van der Waals surface area (Å²) in [5, 5.41) is 0. The Bertz CT molecular complexity index is 936. The zero-order valence-corrected chi connectivity index (χ0v) is 11.3. The lowest BCUT2D eigenvalue weighted by Crippen LogP contribution is -2.23. The molecule has 0 aliphatic heterocycles. The topological polar surface area (TPSA) is 82.2 Å². The maximum Gasteiger partial charge on any atom is 0.435 e. The first-order chi connectivity index (χ1) is 9.50. The Hall–Kier alpha value is -2.41. The van der Waals surface area contributed by atoms with Gasteiger partial charge < -0.3 is 4.42 Å². The molecule has 0 spiro atoms. The number of oxazole rings is 1. The number of pyridine rings is 1. The van der Waals surface area contributed by atoms with Gasteiger partial charge in [0.1, 0.15) is 5.52 Å². The minimum absolute atomic E-state index is 0.00631. The zero-order chi connectivity index (χ0) is 14.3. The summed E-state index contributed by atoms with van der Waals surface area (Å²) in [5.41, 5.74) is 1.04. The van der Waals surface area contributed by atoms with E-state index in [1.807, 2.05) is 6.92 Å². The van der Waals surface area contributed by atoms with Crippen LogP contribution in [0, 0.1) is 6.92 Å². The average Bonchev–Trinajstić information content (AvgIpc) is 2.75. The number of nitrogens with zero attached hydrogens (tertiary/aromatic N) is 2. The highest BCUT2D eigenvalue weighted by Gasteiger charge is 2.24. The molecule has 20 heavy (non-hydrogen) atoms. The van der Waals surface area contributed by atoms with Crippen LogP contribution in [0.25, 0.3) is 11.2 Å². The summed E-state index contributed by atoms with van der Waals surface area (Å²) in [6.07, 6.45) is 1.42. The number of benzene rings is 1. The molecule has 3 rings (SSSR count). The first-order valence-corrected chi connectivity index (χ1v) is 7.23. The molecule has 0 saturated carbocycles. The molecule has 0 fully saturated rings. The van der Waals surface area contributed by atoms with Crippen molar-refractivity contribution >= 4 is 21.3 Å². The van der Waals surface area contributed by atoms with Crippen LogP contribution in [-0.4, -0.2) is 17.4 Å². The van der Waals surface area contributed by atoms with Gasteiger partial charge in [0.05, 0.1) is 4.90 Å². The molecule has 0 bridgehead atoms. The lowest BCUT2D eigenvalue weighted by molar-refractivity contribution is 0.527. The molecule has 0 N–H and O–H groups in total. The van der Waals surface area contributed by atoms with Gasteiger partial charge in [-0.2, -0.15) is 3.97 Å². The summed E-state index contributed by atoms with van der Waals surface area (Å²) >= 11 is 0. The number of aromatic nitrogens is 2. The van der Waals surface area contributed by atoms with Crippen molar-refractivity contribution in [3.8, 4) is 0 Å². The summed E-state index contributed by atoms with van der Waals surface area (Å²) in [4.78, 5) is 15.7. The first-order valence-electron chi connectivity index (χ1n) is 5.79. The Morgan fingerprint density at radius 1 is 1.15 bits per heavy atom. The third-order valence-electron chi connectivity index (χ3n) is 2.88. The van der Waals surface area contributed by atoms with Gasteiger partial charge in [0.15, 0.2) is 0 Å². The van der Waals surface area contributed by atoms with Crippen LogP contribution in [0.5, 0.6) is 0 Å². The fourth-order valence-electron chi connectivity index (χ4n) is 1.88. The van der Waals surface area contributed by atoms with E-state index in [-0.39, 0.29) is 16.1 Å². The molecule has 102 valence electrons. The largest absolute Gasteiger partial charge is 0.435 e. The number of hydrogen-bond acceptors (Lipinski definition) is 5. The van der Waals surface area contributed by atoms with Crippen molar-refractivity contribution in [2.45, 2.75) is 11.8 Å². The second-order valence-electron chi connectivity index (χ2n) is 4.28. The molecule has 2 aromatic heterocycles. The van der Waals surface area contributed by atoms with Crippen molar-refractivity contribution in [2.75, 3.05) is 0 Å². The maximum atomic E-state index is 12.5. The van der Waals surface area contributed by atoms with Crippen molar-refractivity contribution in [3.63, 3.8) is 0 Å². The predicted molar refractivity (Wildman–Crippen MR) is 72.0 cm³/mol. The maximum absolute atomic E-state index is 12.5. The fraction of sp³-hybridized carbons (Fsp3) is 0.0769. The van der Waals surface area contributed by atoms with Crippen LogP contribution in [0.2, 0.25) is 0 Å². The lowest BCUT2D eigenvalue weighted by atomic mass is 10.2. The Labute approximate surface area is 114 Å². The normalized spacial score (nSPS) is 11.8. The summed E-state index contributed by atoms with van der Waals surface area (Å²) < 4.78 is 30.5.